The summed E-state index contributed by atoms with van der Waals surface area (Å²) in [6.07, 6.45) is 21.6. The van der Waals surface area contributed by atoms with Crippen molar-refractivity contribution in [3.63, 3.8) is 0 Å². The maximum atomic E-state index is 10.8. The highest BCUT2D eigenvalue weighted by molar-refractivity contribution is 5.86. The molecule has 0 radical (unpaired) electrons. The third-order valence-electron chi connectivity index (χ3n) is 12.8. The molecule has 16 nitrogen and oxygen atoms in total. The fourth-order valence-electron chi connectivity index (χ4n) is 7.57. The molecule has 12 N–H and O–H groups in total. The lowest BCUT2D eigenvalue weighted by Gasteiger charge is -2.17. The molecule has 402 valence electrons. The Bertz CT molecular complexity index is 1200. The van der Waals surface area contributed by atoms with Gasteiger partial charge in [0.05, 0.1) is 24.7 Å². The van der Waals surface area contributed by atoms with Crippen LogP contribution in [-0.4, -0.2) is 67.9 Å². The Kier molecular flexibility index (Phi) is 49.7. The first-order valence-electron chi connectivity index (χ1n) is 25.8. The molecule has 4 amide bonds. The predicted molar refractivity (Wildman–Crippen MR) is 272 cm³/mol. The molecule has 10 unspecified atom stereocenters. The molecule has 0 bridgehead atoms. The second-order valence-corrected chi connectivity index (χ2v) is 18.9. The van der Waals surface area contributed by atoms with Crippen molar-refractivity contribution in [3.05, 3.63) is 0 Å². The van der Waals surface area contributed by atoms with Crippen LogP contribution >= 0.6 is 0 Å². The van der Waals surface area contributed by atoms with Gasteiger partial charge in [0.1, 0.15) is 0 Å². The maximum Gasteiger partial charge on any atom is 0.307 e. The molecule has 0 spiro atoms. The van der Waals surface area contributed by atoms with E-state index in [1.54, 1.807) is 0 Å². The van der Waals surface area contributed by atoms with Gasteiger partial charge < -0.3 is 43.4 Å². The van der Waals surface area contributed by atoms with Gasteiger partial charge in [-0.1, -0.05) is 186 Å². The second kappa shape index (κ2) is 46.5. The van der Waals surface area contributed by atoms with Crippen LogP contribution in [0.1, 0.15) is 224 Å². The molecule has 0 aromatic rings. The molecule has 0 saturated carbocycles. The molecular weight excluding hydrogens is 873 g/mol. The molecule has 10 atom stereocenters. The summed E-state index contributed by atoms with van der Waals surface area (Å²) in [6.45, 7) is 25.3. The summed E-state index contributed by atoms with van der Waals surface area (Å²) in [7, 11) is 0. The van der Waals surface area contributed by atoms with Crippen LogP contribution in [0.15, 0.2) is 0 Å². The smallest absolute Gasteiger partial charge is 0.307 e. The van der Waals surface area contributed by atoms with E-state index in [0.29, 0.717) is 23.7 Å². The SMILES string of the molecule is CCCCC(CC)CC(C)C(N)=O.CCCCC(CC)CC(C)C(N)=O.CCCCC(CC)CC(C)C(N)=O.CCCCC(CC)CC(C)C(N)=O.O=C(O)CC(C(=O)O)C(CC(=O)O)C(=O)O. The zero-order valence-electron chi connectivity index (χ0n) is 44.7. The second-order valence-electron chi connectivity index (χ2n) is 18.9. The van der Waals surface area contributed by atoms with Gasteiger partial charge in [0.25, 0.3) is 0 Å². The summed E-state index contributed by atoms with van der Waals surface area (Å²) in [5, 5.41) is 34.1. The zero-order chi connectivity index (χ0) is 53.9. The van der Waals surface area contributed by atoms with Gasteiger partial charge in [-0.2, -0.15) is 0 Å². The van der Waals surface area contributed by atoms with Crippen LogP contribution in [-0.2, 0) is 38.4 Å². The Hall–Kier alpha value is -4.24. The van der Waals surface area contributed by atoms with Crippen molar-refractivity contribution in [2.75, 3.05) is 0 Å². The molecule has 0 aliphatic carbocycles. The predicted octanol–water partition coefficient (Wildman–Crippen LogP) is 10.2. The van der Waals surface area contributed by atoms with Crippen molar-refractivity contribution in [2.24, 2.45) is 82.1 Å². The van der Waals surface area contributed by atoms with Crippen LogP contribution < -0.4 is 22.9 Å². The van der Waals surface area contributed by atoms with Crippen LogP contribution in [0.25, 0.3) is 0 Å². The average Bonchev–Trinajstić information content (AvgIpc) is 3.27. The zero-order valence-corrected chi connectivity index (χ0v) is 44.7. The number of carboxylic acid groups (broad SMARTS) is 4. The Labute approximate surface area is 411 Å². The molecule has 0 aromatic heterocycles. The minimum absolute atomic E-state index is 0.0433. The Morgan fingerprint density at radius 2 is 0.529 bits per heavy atom. The van der Waals surface area contributed by atoms with E-state index in [1.807, 2.05) is 27.7 Å². The number of carbonyl (C=O) groups excluding carboxylic acids is 4. The summed E-state index contributed by atoms with van der Waals surface area (Å²) >= 11 is 0. The minimum atomic E-state index is -1.76. The molecule has 16 heteroatoms. The third kappa shape index (κ3) is 44.3. The summed E-state index contributed by atoms with van der Waals surface area (Å²) in [5.74, 6) is -7.52. The lowest BCUT2D eigenvalue weighted by atomic mass is 9.87. The Balaban J connectivity index is -0.000000244. The van der Waals surface area contributed by atoms with E-state index in [-0.39, 0.29) is 47.3 Å². The molecule has 0 fully saturated rings. The van der Waals surface area contributed by atoms with Gasteiger partial charge >= 0.3 is 23.9 Å². The first-order chi connectivity index (χ1) is 31.7. The van der Waals surface area contributed by atoms with Gasteiger partial charge in [0.2, 0.25) is 23.6 Å². The highest BCUT2D eigenvalue weighted by atomic mass is 16.4. The first-order valence-corrected chi connectivity index (χ1v) is 25.8. The van der Waals surface area contributed by atoms with E-state index < -0.39 is 48.6 Å². The van der Waals surface area contributed by atoms with E-state index in [1.165, 1.54) is 77.0 Å². The largest absolute Gasteiger partial charge is 0.481 e. The van der Waals surface area contributed by atoms with Crippen molar-refractivity contribution in [1.29, 1.82) is 0 Å². The number of amides is 4. The molecular formula is C52H102N4O12. The molecule has 0 aliphatic rings. The fraction of sp³-hybridized carbons (Fsp3) is 0.846. The standard InChI is InChI=1S/4C11H23NO.C8H10O8/c4*1-4-6-7-10(5-2)8-9(3)11(12)13;9-5(10)1-3(7(13)14)4(8(15)16)2-6(11)12/h4*9-10H,4-8H2,1-3H3,(H2,12,13);3-4H,1-2H2,(H,9,10)(H,11,12)(H,13,14)(H,15,16). The van der Waals surface area contributed by atoms with Crippen LogP contribution in [0.2, 0.25) is 0 Å². The van der Waals surface area contributed by atoms with Crippen molar-refractivity contribution in [2.45, 2.75) is 224 Å². The molecule has 68 heavy (non-hydrogen) atoms. The first kappa shape index (κ1) is 72.7. The maximum absolute atomic E-state index is 10.8. The summed E-state index contributed by atoms with van der Waals surface area (Å²) in [4.78, 5) is 85.3. The van der Waals surface area contributed by atoms with Crippen LogP contribution in [0.5, 0.6) is 0 Å². The van der Waals surface area contributed by atoms with Crippen LogP contribution in [0, 0.1) is 59.2 Å². The quantitative estimate of drug-likeness (QED) is 0.0294. The number of primary amides is 4. The van der Waals surface area contributed by atoms with Gasteiger partial charge in [-0.3, -0.25) is 38.4 Å². The fourth-order valence-corrected chi connectivity index (χ4v) is 7.57. The van der Waals surface area contributed by atoms with Crippen molar-refractivity contribution in [1.82, 2.24) is 0 Å². The number of carboxylic acids is 4. The molecule has 0 heterocycles. The summed E-state index contributed by atoms with van der Waals surface area (Å²) < 4.78 is 0. The van der Waals surface area contributed by atoms with Gasteiger partial charge in [0, 0.05) is 23.7 Å². The monoisotopic (exact) mass is 975 g/mol. The van der Waals surface area contributed by atoms with Crippen molar-refractivity contribution >= 4 is 47.5 Å². The van der Waals surface area contributed by atoms with Gasteiger partial charge in [-0.15, -0.1) is 0 Å². The van der Waals surface area contributed by atoms with E-state index in [9.17, 15) is 38.4 Å². The highest BCUT2D eigenvalue weighted by Crippen LogP contribution is 2.24. The number of hydrogen-bond acceptors (Lipinski definition) is 8. The number of hydrogen-bond donors (Lipinski definition) is 8. The van der Waals surface area contributed by atoms with Gasteiger partial charge in [0.15, 0.2) is 0 Å². The van der Waals surface area contributed by atoms with E-state index >= 15 is 0 Å². The van der Waals surface area contributed by atoms with Crippen LogP contribution in [0.4, 0.5) is 0 Å². The topological polar surface area (TPSA) is 322 Å². The van der Waals surface area contributed by atoms with E-state index in [0.717, 1.165) is 51.4 Å². The van der Waals surface area contributed by atoms with Gasteiger partial charge in [-0.25, -0.2) is 0 Å². The van der Waals surface area contributed by atoms with Crippen molar-refractivity contribution < 1.29 is 58.8 Å². The summed E-state index contributed by atoms with van der Waals surface area (Å²) in [5.41, 5.74) is 20.9. The lowest BCUT2D eigenvalue weighted by Crippen LogP contribution is -2.33. The lowest BCUT2D eigenvalue weighted by molar-refractivity contribution is -0.160. The average molecular weight is 975 g/mol. The van der Waals surface area contributed by atoms with Gasteiger partial charge in [-0.05, 0) is 49.4 Å². The third-order valence-corrected chi connectivity index (χ3v) is 12.8. The molecule has 0 aliphatic heterocycles. The number of carbonyl (C=O) groups is 8. The number of unbranched alkanes of at least 4 members (excludes halogenated alkanes) is 4. The van der Waals surface area contributed by atoms with Crippen LogP contribution in [0.3, 0.4) is 0 Å². The summed E-state index contributed by atoms with van der Waals surface area (Å²) in [6, 6.07) is 0. The van der Waals surface area contributed by atoms with E-state index in [2.05, 4.69) is 55.4 Å². The highest BCUT2D eigenvalue weighted by Gasteiger charge is 2.37. The number of aliphatic carboxylic acids is 4. The molecule has 0 aromatic carbocycles. The Morgan fingerprint density at radius 1 is 0.353 bits per heavy atom. The molecule has 0 rings (SSSR count). The number of nitrogens with two attached hydrogens (primary N) is 4. The minimum Gasteiger partial charge on any atom is -0.481 e. The normalized spacial score (nSPS) is 14.9. The van der Waals surface area contributed by atoms with E-state index in [4.69, 9.17) is 43.4 Å². The molecule has 0 saturated heterocycles. The Morgan fingerprint density at radius 3 is 0.632 bits per heavy atom. The van der Waals surface area contributed by atoms with Crippen molar-refractivity contribution in [3.8, 4) is 0 Å². The number of rotatable bonds is 35.